The van der Waals surface area contributed by atoms with Crippen LogP contribution in [0.3, 0.4) is 0 Å². The number of amides is 1. The third kappa shape index (κ3) is 5.79. The molecular weight excluding hydrogens is 468 g/mol. The van der Waals surface area contributed by atoms with Crippen molar-refractivity contribution in [2.45, 2.75) is 57.5 Å². The van der Waals surface area contributed by atoms with Gasteiger partial charge in [0.1, 0.15) is 0 Å². The number of carbonyl (C=O) groups is 2. The van der Waals surface area contributed by atoms with Gasteiger partial charge in [-0.25, -0.2) is 20.4 Å². The van der Waals surface area contributed by atoms with Crippen molar-refractivity contribution in [3.05, 3.63) is 59.8 Å². The van der Waals surface area contributed by atoms with Crippen molar-refractivity contribution in [1.82, 2.24) is 30.8 Å². The van der Waals surface area contributed by atoms with Gasteiger partial charge in [-0.1, -0.05) is 30.3 Å². The fraction of sp³-hybridized carbons (Fsp3) is 0.429. The number of benzene rings is 2. The highest BCUT2D eigenvalue weighted by Gasteiger charge is 2.32. The highest BCUT2D eigenvalue weighted by Crippen LogP contribution is 2.26. The number of nitrogens with zero attached hydrogens (tertiary/aromatic N) is 4. The number of hydrazine groups is 2. The van der Waals surface area contributed by atoms with Gasteiger partial charge in [0.05, 0.1) is 22.4 Å². The summed E-state index contributed by atoms with van der Waals surface area (Å²) in [6.07, 6.45) is 3.92. The third-order valence-electron chi connectivity index (χ3n) is 7.31. The van der Waals surface area contributed by atoms with E-state index in [1.54, 1.807) is 0 Å². The van der Waals surface area contributed by atoms with E-state index in [-0.39, 0.29) is 12.3 Å². The normalized spacial score (nSPS) is 18.9. The van der Waals surface area contributed by atoms with E-state index in [1.165, 1.54) is 0 Å². The maximum atomic E-state index is 13.4. The van der Waals surface area contributed by atoms with E-state index >= 15 is 0 Å². The number of aryl methyl sites for hydroxylation is 1. The van der Waals surface area contributed by atoms with Gasteiger partial charge < -0.3 is 10.0 Å². The molecule has 194 valence electrons. The average molecular weight is 503 g/mol. The van der Waals surface area contributed by atoms with Crippen molar-refractivity contribution in [3.63, 3.8) is 0 Å². The van der Waals surface area contributed by atoms with E-state index < -0.39 is 5.97 Å². The molecule has 2 fully saturated rings. The van der Waals surface area contributed by atoms with Crippen molar-refractivity contribution in [3.8, 4) is 11.3 Å². The van der Waals surface area contributed by atoms with Gasteiger partial charge in [0, 0.05) is 49.3 Å². The van der Waals surface area contributed by atoms with E-state index in [4.69, 9.17) is 15.1 Å². The molecule has 1 amide bonds. The molecule has 3 heterocycles. The lowest BCUT2D eigenvalue weighted by Gasteiger charge is -2.37. The Morgan fingerprint density at radius 3 is 2.51 bits per heavy atom. The second-order valence-electron chi connectivity index (χ2n) is 9.96. The quantitative estimate of drug-likeness (QED) is 0.402. The summed E-state index contributed by atoms with van der Waals surface area (Å²) in [6.45, 7) is 4.56. The van der Waals surface area contributed by atoms with Crippen molar-refractivity contribution < 1.29 is 14.7 Å². The second-order valence-corrected chi connectivity index (χ2v) is 9.96. The molecule has 9 nitrogen and oxygen atoms in total. The molecule has 0 saturated carbocycles. The van der Waals surface area contributed by atoms with Crippen LogP contribution in [-0.2, 0) is 11.2 Å². The van der Waals surface area contributed by atoms with Crippen molar-refractivity contribution in [2.75, 3.05) is 19.6 Å². The molecule has 2 aromatic carbocycles. The zero-order chi connectivity index (χ0) is 25.8. The lowest BCUT2D eigenvalue weighted by Crippen LogP contribution is -2.52. The Kier molecular flexibility index (Phi) is 7.73. The monoisotopic (exact) mass is 502 g/mol. The molecule has 2 aliphatic rings. The number of rotatable bonds is 8. The van der Waals surface area contributed by atoms with Crippen LogP contribution in [0.4, 0.5) is 0 Å². The Bertz CT molecular complexity index is 1260. The Morgan fingerprint density at radius 2 is 1.81 bits per heavy atom. The number of hydrogen-bond acceptors (Lipinski definition) is 7. The minimum Gasteiger partial charge on any atom is -0.481 e. The number of carboxylic acid groups (broad SMARTS) is 1. The van der Waals surface area contributed by atoms with Crippen LogP contribution in [0.25, 0.3) is 22.3 Å². The maximum absolute atomic E-state index is 13.4. The Hall–Kier alpha value is -3.40. The van der Waals surface area contributed by atoms with E-state index in [2.05, 4.69) is 22.9 Å². The van der Waals surface area contributed by atoms with Crippen LogP contribution in [0.2, 0.25) is 0 Å². The van der Waals surface area contributed by atoms with Gasteiger partial charge in [-0.2, -0.15) is 5.53 Å². The second kappa shape index (κ2) is 11.3. The molecule has 0 radical (unpaired) electrons. The number of nitrogens with one attached hydrogen (secondary N) is 2. The molecule has 9 heteroatoms. The van der Waals surface area contributed by atoms with Crippen molar-refractivity contribution in [2.24, 2.45) is 0 Å². The SMILES string of the molecule is CC1CNNN1C1CCN(C(=O)c2ccc3nc(-c4ccccc4)c(CCCCC(=O)O)nc3c2)CC1. The first-order valence-corrected chi connectivity index (χ1v) is 13.1. The zero-order valence-corrected chi connectivity index (χ0v) is 21.2. The van der Waals surface area contributed by atoms with Gasteiger partial charge in [0.15, 0.2) is 0 Å². The molecule has 5 rings (SSSR count). The van der Waals surface area contributed by atoms with Crippen molar-refractivity contribution >= 4 is 22.9 Å². The zero-order valence-electron chi connectivity index (χ0n) is 21.2. The Balaban J connectivity index is 1.35. The molecular formula is C28H34N6O3. The van der Waals surface area contributed by atoms with Gasteiger partial charge in [0.25, 0.3) is 5.91 Å². The number of piperidine rings is 1. The van der Waals surface area contributed by atoms with E-state index in [0.29, 0.717) is 42.4 Å². The van der Waals surface area contributed by atoms with Gasteiger partial charge in [-0.15, -0.1) is 0 Å². The molecule has 0 bridgehead atoms. The fourth-order valence-corrected chi connectivity index (χ4v) is 5.27. The fourth-order valence-electron chi connectivity index (χ4n) is 5.27. The number of aromatic nitrogens is 2. The van der Waals surface area contributed by atoms with Crippen LogP contribution >= 0.6 is 0 Å². The smallest absolute Gasteiger partial charge is 0.303 e. The predicted octanol–water partition coefficient (Wildman–Crippen LogP) is 3.41. The first-order chi connectivity index (χ1) is 18.0. The highest BCUT2D eigenvalue weighted by atomic mass is 16.4. The van der Waals surface area contributed by atoms with Crippen LogP contribution in [-0.4, -0.2) is 68.6 Å². The van der Waals surface area contributed by atoms with Crippen LogP contribution in [0.15, 0.2) is 48.5 Å². The minimum absolute atomic E-state index is 0.0258. The number of hydrogen-bond donors (Lipinski definition) is 3. The largest absolute Gasteiger partial charge is 0.481 e. The predicted molar refractivity (Wildman–Crippen MR) is 142 cm³/mol. The average Bonchev–Trinajstić information content (AvgIpc) is 3.36. The third-order valence-corrected chi connectivity index (χ3v) is 7.31. The molecule has 37 heavy (non-hydrogen) atoms. The summed E-state index contributed by atoms with van der Waals surface area (Å²) in [5.74, 6) is -0.763. The Morgan fingerprint density at radius 1 is 1.03 bits per heavy atom. The molecule has 0 aliphatic carbocycles. The number of fused-ring (bicyclic) bond motifs is 1. The van der Waals surface area contributed by atoms with Crippen molar-refractivity contribution in [1.29, 1.82) is 0 Å². The lowest BCUT2D eigenvalue weighted by molar-refractivity contribution is -0.137. The number of carboxylic acids is 1. The van der Waals surface area contributed by atoms with Crippen LogP contribution in [0.1, 0.15) is 55.1 Å². The summed E-state index contributed by atoms with van der Waals surface area (Å²) in [5.41, 5.74) is 11.1. The first kappa shape index (κ1) is 25.3. The summed E-state index contributed by atoms with van der Waals surface area (Å²) in [7, 11) is 0. The molecule has 1 unspecified atom stereocenters. The van der Waals surface area contributed by atoms with Crippen LogP contribution < -0.4 is 11.0 Å². The number of likely N-dealkylation sites (tertiary alicyclic amines) is 1. The molecule has 1 aromatic heterocycles. The number of aliphatic carboxylic acids is 1. The summed E-state index contributed by atoms with van der Waals surface area (Å²) >= 11 is 0. The van der Waals surface area contributed by atoms with Gasteiger partial charge in [0.2, 0.25) is 0 Å². The Labute approximate surface area is 216 Å². The highest BCUT2D eigenvalue weighted by molar-refractivity contribution is 5.97. The lowest BCUT2D eigenvalue weighted by atomic mass is 10.0. The van der Waals surface area contributed by atoms with E-state index in [0.717, 1.165) is 54.9 Å². The summed E-state index contributed by atoms with van der Waals surface area (Å²) in [4.78, 5) is 36.1. The molecule has 2 aliphatic heterocycles. The van der Waals surface area contributed by atoms with Crippen LogP contribution in [0.5, 0.6) is 0 Å². The topological polar surface area (TPSA) is 111 Å². The summed E-state index contributed by atoms with van der Waals surface area (Å²) in [6, 6.07) is 16.3. The summed E-state index contributed by atoms with van der Waals surface area (Å²) < 4.78 is 0. The molecule has 0 spiro atoms. The maximum Gasteiger partial charge on any atom is 0.303 e. The standard InChI is InChI=1S/C28H34N6O3/c1-19-18-29-32-34(19)22-13-15-33(16-14-22)28(37)21-11-12-23-25(17-21)30-24(9-5-6-10-26(35)36)27(31-23)20-7-3-2-4-8-20/h2-4,7-8,11-12,17,19,22,29,32H,5-6,9-10,13-16,18H2,1H3,(H,35,36). The molecule has 3 aromatic rings. The van der Waals surface area contributed by atoms with Gasteiger partial charge in [-0.3, -0.25) is 9.59 Å². The summed E-state index contributed by atoms with van der Waals surface area (Å²) in [5, 5.41) is 11.3. The van der Waals surface area contributed by atoms with Crippen LogP contribution in [0, 0.1) is 0 Å². The minimum atomic E-state index is -0.789. The number of carbonyl (C=O) groups excluding carboxylic acids is 1. The van der Waals surface area contributed by atoms with E-state index in [9.17, 15) is 9.59 Å². The molecule has 2 saturated heterocycles. The molecule has 1 atom stereocenters. The number of unbranched alkanes of at least 4 members (excludes halogenated alkanes) is 1. The first-order valence-electron chi connectivity index (χ1n) is 13.1. The van der Waals surface area contributed by atoms with E-state index in [1.807, 2.05) is 53.4 Å². The molecule has 3 N–H and O–H groups in total. The van der Waals surface area contributed by atoms with Gasteiger partial charge >= 0.3 is 5.97 Å². The van der Waals surface area contributed by atoms with Gasteiger partial charge in [-0.05, 0) is 57.2 Å².